The fourth-order valence-corrected chi connectivity index (χ4v) is 4.47. The lowest BCUT2D eigenvalue weighted by molar-refractivity contribution is -0.150. The van der Waals surface area contributed by atoms with E-state index in [4.69, 9.17) is 4.74 Å². The molecular formula is C30H44O3. The zero-order valence-electron chi connectivity index (χ0n) is 20.8. The number of carbonyl (C=O) groups excluding carboxylic acids is 2. The summed E-state index contributed by atoms with van der Waals surface area (Å²) in [5.74, 6) is -1.07. The Morgan fingerprint density at radius 1 is 0.697 bits per heavy atom. The molecule has 3 heteroatoms. The van der Waals surface area contributed by atoms with Crippen LogP contribution in [0, 0.1) is 0 Å². The average Bonchev–Trinajstić information content (AvgIpc) is 3.16. The molecule has 0 saturated carbocycles. The lowest BCUT2D eigenvalue weighted by atomic mass is 9.96. The molecule has 0 spiro atoms. The highest BCUT2D eigenvalue weighted by Crippen LogP contribution is 2.26. The van der Waals surface area contributed by atoms with Crippen molar-refractivity contribution in [1.29, 1.82) is 0 Å². The average molecular weight is 453 g/mol. The summed E-state index contributed by atoms with van der Waals surface area (Å²) >= 11 is 0. The standard InChI is InChI=1S/C30H44O3/c1-2-3-4-5-6-7-8-9-10-11-12-13-14-15-16-20-23-27(24-26-21-18-17-19-22-26)28-25-29(31)33-30(28)32/h17-19,21-22,24-25H,2-16,20,23H2,1H3. The molecule has 0 amide bonds. The Bertz CT molecular complexity index is 745. The normalized spacial score (nSPS) is 14.0. The quantitative estimate of drug-likeness (QED) is 0.120. The van der Waals surface area contributed by atoms with Crippen molar-refractivity contribution in [2.24, 2.45) is 0 Å². The monoisotopic (exact) mass is 452 g/mol. The molecule has 1 aromatic rings. The molecule has 3 nitrogen and oxygen atoms in total. The van der Waals surface area contributed by atoms with E-state index in [1.54, 1.807) is 0 Å². The molecule has 0 N–H and O–H groups in total. The molecule has 182 valence electrons. The Balaban J connectivity index is 1.54. The van der Waals surface area contributed by atoms with Crippen LogP contribution in [0.25, 0.3) is 6.08 Å². The molecule has 0 unspecified atom stereocenters. The third-order valence-corrected chi connectivity index (χ3v) is 6.46. The summed E-state index contributed by atoms with van der Waals surface area (Å²) in [5, 5.41) is 0. The molecular weight excluding hydrogens is 408 g/mol. The second kappa shape index (κ2) is 17.3. The van der Waals surface area contributed by atoms with E-state index in [9.17, 15) is 9.59 Å². The van der Waals surface area contributed by atoms with Gasteiger partial charge in [0.25, 0.3) is 0 Å². The topological polar surface area (TPSA) is 43.4 Å². The van der Waals surface area contributed by atoms with Crippen molar-refractivity contribution in [3.8, 4) is 0 Å². The molecule has 1 aliphatic rings. The molecule has 0 aliphatic carbocycles. The molecule has 2 rings (SSSR count). The highest BCUT2D eigenvalue weighted by molar-refractivity contribution is 6.12. The molecule has 1 aliphatic heterocycles. The Morgan fingerprint density at radius 3 is 1.64 bits per heavy atom. The minimum absolute atomic E-state index is 0.421. The van der Waals surface area contributed by atoms with Crippen LogP contribution in [0.15, 0.2) is 47.6 Å². The molecule has 1 aromatic carbocycles. The first-order chi connectivity index (χ1) is 16.2. The number of hydrogen-bond donors (Lipinski definition) is 0. The smallest absolute Gasteiger partial charge is 0.346 e. The van der Waals surface area contributed by atoms with Crippen LogP contribution in [0.1, 0.15) is 122 Å². The molecule has 1 heterocycles. The van der Waals surface area contributed by atoms with Crippen molar-refractivity contribution < 1.29 is 14.3 Å². The second-order valence-electron chi connectivity index (χ2n) is 9.40. The first-order valence-electron chi connectivity index (χ1n) is 13.4. The van der Waals surface area contributed by atoms with Crippen LogP contribution < -0.4 is 0 Å². The zero-order chi connectivity index (χ0) is 23.6. The first-order valence-corrected chi connectivity index (χ1v) is 13.4. The fraction of sp³-hybridized carbons (Fsp3) is 0.600. The van der Waals surface area contributed by atoms with Gasteiger partial charge in [0.05, 0.1) is 5.57 Å². The van der Waals surface area contributed by atoms with Gasteiger partial charge in [-0.05, 0) is 24.0 Å². The Morgan fingerprint density at radius 2 is 1.18 bits per heavy atom. The number of benzene rings is 1. The van der Waals surface area contributed by atoms with Crippen molar-refractivity contribution in [2.75, 3.05) is 0 Å². The van der Waals surface area contributed by atoms with Gasteiger partial charge in [0.1, 0.15) is 0 Å². The third-order valence-electron chi connectivity index (χ3n) is 6.46. The van der Waals surface area contributed by atoms with Crippen LogP contribution in [0.5, 0.6) is 0 Å². The molecule has 0 saturated heterocycles. The van der Waals surface area contributed by atoms with Crippen molar-refractivity contribution in [1.82, 2.24) is 0 Å². The van der Waals surface area contributed by atoms with Gasteiger partial charge in [0.2, 0.25) is 0 Å². The number of unbranched alkanes of at least 4 members (excludes halogenated alkanes) is 15. The van der Waals surface area contributed by atoms with Crippen LogP contribution in [0.4, 0.5) is 0 Å². The van der Waals surface area contributed by atoms with Gasteiger partial charge >= 0.3 is 11.9 Å². The Hall–Kier alpha value is -2.16. The molecule has 0 radical (unpaired) electrons. The zero-order valence-corrected chi connectivity index (χ0v) is 20.8. The highest BCUT2D eigenvalue weighted by atomic mass is 16.6. The predicted octanol–water partition coefficient (Wildman–Crippen LogP) is 8.73. The summed E-state index contributed by atoms with van der Waals surface area (Å²) in [6.45, 7) is 2.28. The number of ether oxygens (including phenoxy) is 1. The fourth-order valence-electron chi connectivity index (χ4n) is 4.47. The van der Waals surface area contributed by atoms with Gasteiger partial charge in [-0.3, -0.25) is 0 Å². The van der Waals surface area contributed by atoms with E-state index in [0.29, 0.717) is 5.57 Å². The van der Waals surface area contributed by atoms with Crippen molar-refractivity contribution in [3.63, 3.8) is 0 Å². The van der Waals surface area contributed by atoms with Gasteiger partial charge in [0.15, 0.2) is 0 Å². The molecule has 0 aromatic heterocycles. The van der Waals surface area contributed by atoms with Crippen molar-refractivity contribution in [2.45, 2.75) is 116 Å². The molecule has 33 heavy (non-hydrogen) atoms. The van der Waals surface area contributed by atoms with E-state index in [1.807, 2.05) is 36.4 Å². The van der Waals surface area contributed by atoms with E-state index in [2.05, 4.69) is 6.92 Å². The number of rotatable bonds is 19. The maximum Gasteiger partial charge on any atom is 0.346 e. The van der Waals surface area contributed by atoms with E-state index in [1.165, 1.54) is 96.0 Å². The maximum atomic E-state index is 12.0. The van der Waals surface area contributed by atoms with Gasteiger partial charge in [-0.1, -0.05) is 140 Å². The maximum absolute atomic E-state index is 12.0. The largest absolute Gasteiger partial charge is 0.386 e. The summed E-state index contributed by atoms with van der Waals surface area (Å²) in [5.41, 5.74) is 2.37. The van der Waals surface area contributed by atoms with E-state index < -0.39 is 11.9 Å². The second-order valence-corrected chi connectivity index (χ2v) is 9.40. The summed E-state index contributed by atoms with van der Waals surface area (Å²) in [7, 11) is 0. The summed E-state index contributed by atoms with van der Waals surface area (Å²) in [4.78, 5) is 23.5. The van der Waals surface area contributed by atoms with Gasteiger partial charge in [-0.25, -0.2) is 9.59 Å². The number of carbonyl (C=O) groups is 2. The lowest BCUT2D eigenvalue weighted by Crippen LogP contribution is -2.04. The van der Waals surface area contributed by atoms with Crippen molar-refractivity contribution in [3.05, 3.63) is 53.1 Å². The molecule has 0 bridgehead atoms. The SMILES string of the molecule is CCCCCCCCCCCCCCCCCCC(=Cc1ccccc1)C1=CC(=O)OC1=O. The number of hydrogen-bond acceptors (Lipinski definition) is 3. The third kappa shape index (κ3) is 12.0. The predicted molar refractivity (Wildman–Crippen MR) is 138 cm³/mol. The van der Waals surface area contributed by atoms with E-state index in [-0.39, 0.29) is 0 Å². The van der Waals surface area contributed by atoms with Gasteiger partial charge in [-0.15, -0.1) is 0 Å². The van der Waals surface area contributed by atoms with Crippen LogP contribution in [-0.2, 0) is 14.3 Å². The van der Waals surface area contributed by atoms with Crippen LogP contribution in [-0.4, -0.2) is 11.9 Å². The minimum Gasteiger partial charge on any atom is -0.386 e. The Labute approximate surface area is 201 Å². The van der Waals surface area contributed by atoms with E-state index in [0.717, 1.165) is 30.4 Å². The highest BCUT2D eigenvalue weighted by Gasteiger charge is 2.26. The van der Waals surface area contributed by atoms with Crippen LogP contribution in [0.3, 0.4) is 0 Å². The van der Waals surface area contributed by atoms with E-state index >= 15 is 0 Å². The molecule has 0 atom stereocenters. The van der Waals surface area contributed by atoms with Gasteiger partial charge in [0, 0.05) is 6.08 Å². The minimum atomic E-state index is -0.555. The van der Waals surface area contributed by atoms with Gasteiger partial charge < -0.3 is 4.74 Å². The van der Waals surface area contributed by atoms with Crippen molar-refractivity contribution >= 4 is 18.0 Å². The first kappa shape index (κ1) is 27.1. The summed E-state index contributed by atoms with van der Waals surface area (Å²) in [6.07, 6.45) is 25.6. The number of cyclic esters (lactones) is 2. The summed E-state index contributed by atoms with van der Waals surface area (Å²) < 4.78 is 4.71. The van der Waals surface area contributed by atoms with Gasteiger partial charge in [-0.2, -0.15) is 0 Å². The van der Waals surface area contributed by atoms with Crippen LogP contribution >= 0.6 is 0 Å². The number of esters is 2. The Kier molecular flexibility index (Phi) is 14.2. The molecule has 0 fully saturated rings. The lowest BCUT2D eigenvalue weighted by Gasteiger charge is -2.08. The van der Waals surface area contributed by atoms with Crippen LogP contribution in [0.2, 0.25) is 0 Å². The summed E-state index contributed by atoms with van der Waals surface area (Å²) in [6, 6.07) is 9.95.